The molecule has 0 fully saturated rings. The van der Waals surface area contributed by atoms with Crippen molar-refractivity contribution in [3.05, 3.63) is 41.5 Å². The maximum absolute atomic E-state index is 9.91. The van der Waals surface area contributed by atoms with Gasteiger partial charge in [-0.25, -0.2) is 0 Å². The zero-order chi connectivity index (χ0) is 11.3. The molecular weight excluding hydrogens is 204 g/mol. The summed E-state index contributed by atoms with van der Waals surface area (Å²) < 4.78 is 5.27. The van der Waals surface area contributed by atoms with E-state index >= 15 is 0 Å². The lowest BCUT2D eigenvalue weighted by Gasteiger charge is -2.08. The molecule has 0 aliphatic heterocycles. The molecule has 0 heterocycles. The molecule has 3 nitrogen and oxygen atoms in total. The standard InChI is InChI=1S/C13H12O3/c1-16-10-6-5-9-11-7(10)3-2-4-8(11)12(14)13(9)15/h2-6,12-15H,1H3/t12-,13-/m0/s1. The van der Waals surface area contributed by atoms with Crippen molar-refractivity contribution in [2.45, 2.75) is 12.2 Å². The molecule has 2 N–H and O–H groups in total. The summed E-state index contributed by atoms with van der Waals surface area (Å²) in [6.07, 6.45) is -1.66. The number of benzene rings is 2. The first-order valence-electron chi connectivity index (χ1n) is 5.19. The molecule has 0 unspecified atom stereocenters. The van der Waals surface area contributed by atoms with Gasteiger partial charge in [0.1, 0.15) is 18.0 Å². The first kappa shape index (κ1) is 9.63. The Kier molecular flexibility index (Phi) is 1.93. The smallest absolute Gasteiger partial charge is 0.126 e. The van der Waals surface area contributed by atoms with Crippen molar-refractivity contribution in [1.29, 1.82) is 0 Å². The van der Waals surface area contributed by atoms with Gasteiger partial charge < -0.3 is 14.9 Å². The second kappa shape index (κ2) is 3.20. The van der Waals surface area contributed by atoms with E-state index in [9.17, 15) is 10.2 Å². The zero-order valence-corrected chi connectivity index (χ0v) is 8.84. The highest BCUT2D eigenvalue weighted by Crippen LogP contribution is 2.46. The topological polar surface area (TPSA) is 49.7 Å². The molecule has 0 amide bonds. The van der Waals surface area contributed by atoms with Crippen LogP contribution in [0.4, 0.5) is 0 Å². The molecule has 0 aromatic heterocycles. The van der Waals surface area contributed by atoms with E-state index in [0.717, 1.165) is 27.6 Å². The minimum absolute atomic E-state index is 0.766. The van der Waals surface area contributed by atoms with Gasteiger partial charge in [-0.1, -0.05) is 24.3 Å². The number of aliphatic hydroxyl groups excluding tert-OH is 2. The third-order valence-electron chi connectivity index (χ3n) is 3.22. The summed E-state index contributed by atoms with van der Waals surface area (Å²) in [4.78, 5) is 0. The molecule has 3 heteroatoms. The van der Waals surface area contributed by atoms with Gasteiger partial charge >= 0.3 is 0 Å². The molecule has 82 valence electrons. The fourth-order valence-electron chi connectivity index (χ4n) is 2.45. The molecule has 0 saturated heterocycles. The summed E-state index contributed by atoms with van der Waals surface area (Å²) in [6.45, 7) is 0. The summed E-state index contributed by atoms with van der Waals surface area (Å²) in [7, 11) is 1.62. The average Bonchev–Trinajstić information content (AvgIpc) is 2.57. The molecule has 1 aliphatic carbocycles. The highest BCUT2D eigenvalue weighted by Gasteiger charge is 2.31. The van der Waals surface area contributed by atoms with E-state index in [-0.39, 0.29) is 0 Å². The van der Waals surface area contributed by atoms with E-state index in [1.54, 1.807) is 7.11 Å². The summed E-state index contributed by atoms with van der Waals surface area (Å²) in [5, 5.41) is 21.7. The lowest BCUT2D eigenvalue weighted by molar-refractivity contribution is 0.0253. The molecule has 16 heavy (non-hydrogen) atoms. The Hall–Kier alpha value is -1.58. The normalized spacial score (nSPS) is 22.7. The number of rotatable bonds is 1. The predicted molar refractivity (Wildman–Crippen MR) is 60.4 cm³/mol. The Morgan fingerprint density at radius 1 is 1.00 bits per heavy atom. The Labute approximate surface area is 92.9 Å². The Bertz CT molecular complexity index is 548. The highest BCUT2D eigenvalue weighted by molar-refractivity contribution is 5.96. The van der Waals surface area contributed by atoms with Gasteiger partial charge in [-0.3, -0.25) is 0 Å². The maximum atomic E-state index is 9.91. The van der Waals surface area contributed by atoms with Gasteiger partial charge in [0.15, 0.2) is 0 Å². The van der Waals surface area contributed by atoms with Gasteiger partial charge in [-0.15, -0.1) is 0 Å². The second-order valence-corrected chi connectivity index (χ2v) is 4.02. The van der Waals surface area contributed by atoms with Crippen molar-refractivity contribution < 1.29 is 14.9 Å². The van der Waals surface area contributed by atoms with Crippen LogP contribution >= 0.6 is 0 Å². The summed E-state index contributed by atoms with van der Waals surface area (Å²) in [6, 6.07) is 9.28. The van der Waals surface area contributed by atoms with Gasteiger partial charge in [0.2, 0.25) is 0 Å². The molecule has 0 bridgehead atoms. The minimum Gasteiger partial charge on any atom is -0.496 e. The Morgan fingerprint density at radius 2 is 1.69 bits per heavy atom. The largest absolute Gasteiger partial charge is 0.496 e. The van der Waals surface area contributed by atoms with Gasteiger partial charge in [-0.2, -0.15) is 0 Å². The van der Waals surface area contributed by atoms with E-state index in [4.69, 9.17) is 4.74 Å². The molecule has 3 rings (SSSR count). The molecule has 2 aromatic rings. The van der Waals surface area contributed by atoms with Crippen molar-refractivity contribution in [1.82, 2.24) is 0 Å². The van der Waals surface area contributed by atoms with Crippen LogP contribution in [0.5, 0.6) is 5.75 Å². The third kappa shape index (κ3) is 1.04. The fraction of sp³-hybridized carbons (Fsp3) is 0.231. The summed E-state index contributed by atoms with van der Waals surface area (Å²) >= 11 is 0. The average molecular weight is 216 g/mol. The van der Waals surface area contributed by atoms with Crippen LogP contribution in [-0.2, 0) is 0 Å². The molecule has 1 aliphatic rings. The van der Waals surface area contributed by atoms with Crippen LogP contribution in [-0.4, -0.2) is 17.3 Å². The van der Waals surface area contributed by atoms with Gasteiger partial charge in [0.05, 0.1) is 7.11 Å². The first-order valence-corrected chi connectivity index (χ1v) is 5.19. The van der Waals surface area contributed by atoms with Crippen LogP contribution in [0, 0.1) is 0 Å². The first-order chi connectivity index (χ1) is 7.74. The van der Waals surface area contributed by atoms with E-state index in [1.807, 2.05) is 30.3 Å². The van der Waals surface area contributed by atoms with E-state index in [1.165, 1.54) is 0 Å². The van der Waals surface area contributed by atoms with Gasteiger partial charge in [0.25, 0.3) is 0 Å². The number of aliphatic hydroxyl groups is 2. The van der Waals surface area contributed by atoms with E-state index < -0.39 is 12.2 Å². The lowest BCUT2D eigenvalue weighted by atomic mass is 10.0. The van der Waals surface area contributed by atoms with Gasteiger partial charge in [-0.05, 0) is 22.6 Å². The third-order valence-corrected chi connectivity index (χ3v) is 3.22. The monoisotopic (exact) mass is 216 g/mol. The van der Waals surface area contributed by atoms with E-state index in [2.05, 4.69) is 0 Å². The van der Waals surface area contributed by atoms with Crippen molar-refractivity contribution in [2.24, 2.45) is 0 Å². The van der Waals surface area contributed by atoms with Crippen LogP contribution in [0.1, 0.15) is 23.3 Å². The molecular formula is C13H12O3. The van der Waals surface area contributed by atoms with Crippen LogP contribution in [0.2, 0.25) is 0 Å². The fourth-order valence-corrected chi connectivity index (χ4v) is 2.45. The lowest BCUT2D eigenvalue weighted by Crippen LogP contribution is -2.02. The number of hydrogen-bond acceptors (Lipinski definition) is 3. The Morgan fingerprint density at radius 3 is 2.38 bits per heavy atom. The predicted octanol–water partition coefficient (Wildman–Crippen LogP) is 1.93. The van der Waals surface area contributed by atoms with Crippen molar-refractivity contribution in [3.8, 4) is 5.75 Å². The van der Waals surface area contributed by atoms with Crippen molar-refractivity contribution in [2.75, 3.05) is 7.11 Å². The maximum Gasteiger partial charge on any atom is 0.126 e. The van der Waals surface area contributed by atoms with Crippen LogP contribution in [0.15, 0.2) is 30.3 Å². The number of methoxy groups -OCH3 is 1. The zero-order valence-electron chi connectivity index (χ0n) is 8.84. The van der Waals surface area contributed by atoms with Gasteiger partial charge in [0, 0.05) is 5.39 Å². The molecule has 2 aromatic carbocycles. The molecule has 2 atom stereocenters. The molecule has 0 radical (unpaired) electrons. The highest BCUT2D eigenvalue weighted by atomic mass is 16.5. The SMILES string of the molecule is COc1ccc2c3c(cccc13)[C@H](O)[C@H]2O. The van der Waals surface area contributed by atoms with Crippen molar-refractivity contribution >= 4 is 10.8 Å². The Balaban J connectivity index is 2.44. The van der Waals surface area contributed by atoms with Crippen LogP contribution < -0.4 is 4.74 Å². The second-order valence-electron chi connectivity index (χ2n) is 4.02. The van der Waals surface area contributed by atoms with E-state index in [0.29, 0.717) is 0 Å². The number of hydrogen-bond donors (Lipinski definition) is 2. The van der Waals surface area contributed by atoms with Crippen molar-refractivity contribution in [3.63, 3.8) is 0 Å². The molecule has 0 saturated carbocycles. The summed E-state index contributed by atoms with van der Waals surface area (Å²) in [5.41, 5.74) is 1.55. The van der Waals surface area contributed by atoms with Crippen LogP contribution in [0.3, 0.4) is 0 Å². The number of ether oxygens (including phenoxy) is 1. The molecule has 0 spiro atoms. The quantitative estimate of drug-likeness (QED) is 0.765. The summed E-state index contributed by atoms with van der Waals surface area (Å²) in [5.74, 6) is 0.766. The minimum atomic E-state index is -0.828. The van der Waals surface area contributed by atoms with Crippen LogP contribution in [0.25, 0.3) is 10.8 Å².